The fraction of sp³-hybridized carbons (Fsp3) is 0.857. The molecule has 2 rings (SSSR count). The molecule has 2 saturated heterocycles. The Hall–Kier alpha value is -0.900. The van der Waals surface area contributed by atoms with E-state index in [0.717, 1.165) is 32.2 Å². The third-order valence-corrected chi connectivity index (χ3v) is 4.24. The molecule has 1 amide bonds. The lowest BCUT2D eigenvalue weighted by Crippen LogP contribution is -2.37. The van der Waals surface area contributed by atoms with Crippen molar-refractivity contribution < 1.29 is 14.3 Å². The van der Waals surface area contributed by atoms with E-state index in [0.29, 0.717) is 32.1 Å². The first-order valence-corrected chi connectivity index (χ1v) is 7.09. The van der Waals surface area contributed by atoms with Crippen molar-refractivity contribution in [3.63, 3.8) is 0 Å². The van der Waals surface area contributed by atoms with Crippen LogP contribution in [0.15, 0.2) is 0 Å². The Morgan fingerprint density at radius 3 is 2.89 bits per heavy atom. The third kappa shape index (κ3) is 3.31. The van der Waals surface area contributed by atoms with Gasteiger partial charge in [-0.3, -0.25) is 9.59 Å². The zero-order chi connectivity index (χ0) is 13.0. The molecule has 0 saturated carbocycles. The summed E-state index contributed by atoms with van der Waals surface area (Å²) in [7, 11) is 0. The molecule has 2 aliphatic rings. The number of ketones is 1. The summed E-state index contributed by atoms with van der Waals surface area (Å²) in [5, 5.41) is 0. The second-order valence-corrected chi connectivity index (χ2v) is 5.44. The van der Waals surface area contributed by atoms with Crippen LogP contribution in [-0.4, -0.2) is 42.9 Å². The van der Waals surface area contributed by atoms with Crippen molar-refractivity contribution in [1.82, 2.24) is 4.90 Å². The monoisotopic (exact) mass is 253 g/mol. The number of hydrogen-bond acceptors (Lipinski definition) is 3. The summed E-state index contributed by atoms with van der Waals surface area (Å²) in [5.41, 5.74) is 0. The molecular formula is C14H23NO3. The highest BCUT2D eigenvalue weighted by Gasteiger charge is 2.28. The molecule has 2 fully saturated rings. The van der Waals surface area contributed by atoms with E-state index < -0.39 is 0 Å². The van der Waals surface area contributed by atoms with Crippen molar-refractivity contribution in [2.75, 3.05) is 26.3 Å². The van der Waals surface area contributed by atoms with Crippen molar-refractivity contribution in [3.05, 3.63) is 0 Å². The molecule has 2 atom stereocenters. The van der Waals surface area contributed by atoms with E-state index in [1.165, 1.54) is 0 Å². The maximum Gasteiger partial charge on any atom is 0.222 e. The molecule has 2 unspecified atom stereocenters. The van der Waals surface area contributed by atoms with Crippen LogP contribution in [0.1, 0.15) is 39.0 Å². The third-order valence-electron chi connectivity index (χ3n) is 4.24. The van der Waals surface area contributed by atoms with E-state index in [2.05, 4.69) is 6.92 Å². The summed E-state index contributed by atoms with van der Waals surface area (Å²) < 4.78 is 5.23. The van der Waals surface area contributed by atoms with Crippen molar-refractivity contribution >= 4 is 11.7 Å². The quantitative estimate of drug-likeness (QED) is 0.765. The molecule has 2 aliphatic heterocycles. The second-order valence-electron chi connectivity index (χ2n) is 5.44. The highest BCUT2D eigenvalue weighted by molar-refractivity contribution is 5.88. The van der Waals surface area contributed by atoms with Gasteiger partial charge in [-0.1, -0.05) is 13.3 Å². The number of amides is 1. The van der Waals surface area contributed by atoms with Crippen LogP contribution in [0.25, 0.3) is 0 Å². The molecule has 0 N–H and O–H groups in total. The predicted octanol–water partition coefficient (Wildman–Crippen LogP) is 1.63. The first kappa shape index (κ1) is 13.5. The van der Waals surface area contributed by atoms with Gasteiger partial charge >= 0.3 is 0 Å². The molecule has 0 spiro atoms. The smallest absolute Gasteiger partial charge is 0.222 e. The Balaban J connectivity index is 1.87. The maximum atomic E-state index is 12.0. The topological polar surface area (TPSA) is 46.6 Å². The van der Waals surface area contributed by atoms with E-state index in [1.807, 2.05) is 0 Å². The van der Waals surface area contributed by atoms with Crippen molar-refractivity contribution in [2.45, 2.75) is 39.0 Å². The second kappa shape index (κ2) is 6.32. The fourth-order valence-corrected chi connectivity index (χ4v) is 2.77. The highest BCUT2D eigenvalue weighted by atomic mass is 16.5. The Labute approximate surface area is 109 Å². The minimum atomic E-state index is 0.0167. The van der Waals surface area contributed by atoms with Gasteiger partial charge in [0.15, 0.2) is 5.78 Å². The number of carbonyl (C=O) groups excluding carboxylic acids is 2. The molecule has 0 bridgehead atoms. The van der Waals surface area contributed by atoms with Crippen LogP contribution in [0, 0.1) is 11.8 Å². The molecule has 0 aromatic rings. The van der Waals surface area contributed by atoms with Crippen LogP contribution >= 0.6 is 0 Å². The van der Waals surface area contributed by atoms with Crippen LogP contribution in [0.3, 0.4) is 0 Å². The largest absolute Gasteiger partial charge is 0.381 e. The number of likely N-dealkylation sites (tertiary alicyclic amines) is 1. The summed E-state index contributed by atoms with van der Waals surface area (Å²) in [4.78, 5) is 25.8. The Morgan fingerprint density at radius 2 is 2.22 bits per heavy atom. The molecule has 4 nitrogen and oxygen atoms in total. The van der Waals surface area contributed by atoms with E-state index in [-0.39, 0.29) is 17.6 Å². The molecule has 0 radical (unpaired) electrons. The lowest BCUT2D eigenvalue weighted by atomic mass is 9.98. The molecule has 2 heterocycles. The molecule has 0 aromatic heterocycles. The average molecular weight is 253 g/mol. The number of rotatable bonds is 4. The van der Waals surface area contributed by atoms with Crippen LogP contribution in [0.2, 0.25) is 0 Å². The summed E-state index contributed by atoms with van der Waals surface area (Å²) in [5.74, 6) is 0.987. The predicted molar refractivity (Wildman–Crippen MR) is 68.1 cm³/mol. The summed E-state index contributed by atoms with van der Waals surface area (Å²) in [6, 6.07) is 0. The van der Waals surface area contributed by atoms with Crippen molar-refractivity contribution in [2.24, 2.45) is 11.8 Å². The zero-order valence-corrected chi connectivity index (χ0v) is 11.2. The molecule has 18 heavy (non-hydrogen) atoms. The van der Waals surface area contributed by atoms with Gasteiger partial charge in [-0.05, 0) is 25.2 Å². The first-order valence-electron chi connectivity index (χ1n) is 7.09. The van der Waals surface area contributed by atoms with E-state index in [1.54, 1.807) is 4.90 Å². The molecule has 4 heteroatoms. The Kier molecular flexibility index (Phi) is 4.75. The number of ether oxygens (including phenoxy) is 1. The Morgan fingerprint density at radius 1 is 1.39 bits per heavy atom. The van der Waals surface area contributed by atoms with Gasteiger partial charge in [0.05, 0.1) is 13.2 Å². The molecular weight excluding hydrogens is 230 g/mol. The summed E-state index contributed by atoms with van der Waals surface area (Å²) in [6.45, 7) is 4.44. The average Bonchev–Trinajstić information content (AvgIpc) is 2.85. The highest BCUT2D eigenvalue weighted by Crippen LogP contribution is 2.22. The van der Waals surface area contributed by atoms with Gasteiger partial charge in [-0.2, -0.15) is 0 Å². The molecule has 0 aromatic carbocycles. The van der Waals surface area contributed by atoms with Gasteiger partial charge in [0, 0.05) is 25.5 Å². The van der Waals surface area contributed by atoms with Crippen molar-refractivity contribution in [3.8, 4) is 0 Å². The van der Waals surface area contributed by atoms with E-state index >= 15 is 0 Å². The van der Waals surface area contributed by atoms with Gasteiger partial charge in [-0.25, -0.2) is 0 Å². The SMILES string of the molecule is CCC1CCC(=O)N(CC(=O)C2CCOC2)CC1. The number of hydrogen-bond donors (Lipinski definition) is 0. The minimum absolute atomic E-state index is 0.0167. The lowest BCUT2D eigenvalue weighted by Gasteiger charge is -2.21. The van der Waals surface area contributed by atoms with Gasteiger partial charge in [-0.15, -0.1) is 0 Å². The standard InChI is InChI=1S/C14H23NO3/c1-2-11-3-4-14(17)15(7-5-11)9-13(16)12-6-8-18-10-12/h11-12H,2-10H2,1H3. The zero-order valence-electron chi connectivity index (χ0n) is 11.2. The van der Waals surface area contributed by atoms with Crippen LogP contribution in [0.5, 0.6) is 0 Å². The first-order chi connectivity index (χ1) is 8.70. The summed E-state index contributed by atoms with van der Waals surface area (Å²) >= 11 is 0. The van der Waals surface area contributed by atoms with Gasteiger partial charge in [0.25, 0.3) is 0 Å². The van der Waals surface area contributed by atoms with Crippen LogP contribution in [0.4, 0.5) is 0 Å². The van der Waals surface area contributed by atoms with Gasteiger partial charge in [0.2, 0.25) is 5.91 Å². The minimum Gasteiger partial charge on any atom is -0.381 e. The number of Topliss-reactive ketones (excluding diaryl/α,β-unsaturated/α-hetero) is 1. The van der Waals surface area contributed by atoms with Crippen molar-refractivity contribution in [1.29, 1.82) is 0 Å². The Bertz CT molecular complexity index is 310. The number of nitrogens with zero attached hydrogens (tertiary/aromatic N) is 1. The van der Waals surface area contributed by atoms with Crippen LogP contribution < -0.4 is 0 Å². The van der Waals surface area contributed by atoms with Gasteiger partial charge < -0.3 is 9.64 Å². The number of carbonyl (C=O) groups is 2. The van der Waals surface area contributed by atoms with Gasteiger partial charge in [0.1, 0.15) is 0 Å². The normalized spacial score (nSPS) is 29.4. The van der Waals surface area contributed by atoms with E-state index in [9.17, 15) is 9.59 Å². The van der Waals surface area contributed by atoms with E-state index in [4.69, 9.17) is 4.74 Å². The lowest BCUT2D eigenvalue weighted by molar-refractivity contribution is -0.136. The van der Waals surface area contributed by atoms with Crippen LogP contribution in [-0.2, 0) is 14.3 Å². The maximum absolute atomic E-state index is 12.0. The summed E-state index contributed by atoms with van der Waals surface area (Å²) in [6.07, 6.45) is 4.57. The molecule has 0 aliphatic carbocycles. The molecule has 102 valence electrons. The fourth-order valence-electron chi connectivity index (χ4n) is 2.77.